The molecule has 1 amide bonds. The number of hydrogen-bond acceptors (Lipinski definition) is 4. The van der Waals surface area contributed by atoms with Gasteiger partial charge >= 0.3 is 5.97 Å². The fraction of sp³-hybridized carbons (Fsp3) is 0.0938. The number of phenols is 1. The van der Waals surface area contributed by atoms with Crippen molar-refractivity contribution in [3.05, 3.63) is 137 Å². The van der Waals surface area contributed by atoms with Crippen LogP contribution in [0.2, 0.25) is 0 Å². The molecule has 1 atom stereocenters. The number of carboxylic acid groups (broad SMARTS) is 1. The minimum atomic E-state index is -1.19. The molecule has 3 aromatic carbocycles. The number of carboxylic acids is 1. The Hall–Kier alpha value is -5.35. The van der Waals surface area contributed by atoms with E-state index in [9.17, 15) is 19.8 Å². The minimum Gasteiger partial charge on any atom is -0.508 e. The summed E-state index contributed by atoms with van der Waals surface area (Å²) >= 11 is 0. The summed E-state index contributed by atoms with van der Waals surface area (Å²) < 4.78 is 1.69. The van der Waals surface area contributed by atoms with E-state index in [1.165, 1.54) is 6.07 Å². The summed E-state index contributed by atoms with van der Waals surface area (Å²) in [6, 6.07) is 26.6. The van der Waals surface area contributed by atoms with Gasteiger partial charge in [0.1, 0.15) is 23.1 Å². The van der Waals surface area contributed by atoms with Crippen LogP contribution in [0, 0.1) is 11.8 Å². The van der Waals surface area contributed by atoms with Crippen LogP contribution in [0.1, 0.15) is 38.3 Å². The SMILES string of the molecule is O=C(N[C@@H](Cc1ccc(O)cc1Cc1ccccc1)C(=O)O)c1cn2ccc(C#Cc3ccccc3)cc2n1. The number of imidazole rings is 1. The minimum absolute atomic E-state index is 0.0517. The van der Waals surface area contributed by atoms with Crippen molar-refractivity contribution in [1.82, 2.24) is 14.7 Å². The second kappa shape index (κ2) is 11.4. The van der Waals surface area contributed by atoms with Crippen molar-refractivity contribution in [2.24, 2.45) is 0 Å². The normalized spacial score (nSPS) is 11.4. The summed E-state index contributed by atoms with van der Waals surface area (Å²) in [5.74, 6) is 4.53. The molecule has 0 fully saturated rings. The second-order valence-corrected chi connectivity index (χ2v) is 9.11. The van der Waals surface area contributed by atoms with Crippen LogP contribution in [0.25, 0.3) is 5.65 Å². The van der Waals surface area contributed by atoms with Gasteiger partial charge in [0, 0.05) is 29.9 Å². The number of rotatable bonds is 7. The number of aliphatic carboxylic acids is 1. The molecule has 0 aliphatic rings. The number of phenolic OH excluding ortho intramolecular Hbond substituents is 1. The van der Waals surface area contributed by atoms with E-state index >= 15 is 0 Å². The number of nitrogens with zero attached hydrogens (tertiary/aromatic N) is 2. The summed E-state index contributed by atoms with van der Waals surface area (Å²) in [7, 11) is 0. The molecule has 0 bridgehead atoms. The third-order valence-electron chi connectivity index (χ3n) is 6.27. The largest absolute Gasteiger partial charge is 0.508 e. The molecule has 0 unspecified atom stereocenters. The highest BCUT2D eigenvalue weighted by molar-refractivity contribution is 5.95. The third kappa shape index (κ3) is 6.32. The van der Waals surface area contributed by atoms with Crippen LogP contribution >= 0.6 is 0 Å². The highest BCUT2D eigenvalue weighted by Crippen LogP contribution is 2.22. The lowest BCUT2D eigenvalue weighted by molar-refractivity contribution is -0.139. The van der Waals surface area contributed by atoms with Crippen molar-refractivity contribution in [1.29, 1.82) is 0 Å². The van der Waals surface area contributed by atoms with Crippen LogP contribution in [0.5, 0.6) is 5.75 Å². The Labute approximate surface area is 225 Å². The van der Waals surface area contributed by atoms with Crippen LogP contribution < -0.4 is 5.32 Å². The summed E-state index contributed by atoms with van der Waals surface area (Å²) in [4.78, 5) is 29.5. The Kier molecular flexibility index (Phi) is 7.37. The second-order valence-electron chi connectivity index (χ2n) is 9.11. The predicted octanol–water partition coefficient (Wildman–Crippen LogP) is 4.46. The van der Waals surface area contributed by atoms with Crippen molar-refractivity contribution < 1.29 is 19.8 Å². The van der Waals surface area contributed by atoms with E-state index in [2.05, 4.69) is 22.1 Å². The van der Waals surface area contributed by atoms with Gasteiger partial charge in [-0.2, -0.15) is 0 Å². The molecule has 0 spiro atoms. The van der Waals surface area contributed by atoms with Crippen molar-refractivity contribution in [2.45, 2.75) is 18.9 Å². The molecule has 0 radical (unpaired) electrons. The first-order valence-electron chi connectivity index (χ1n) is 12.4. The van der Waals surface area contributed by atoms with Gasteiger partial charge in [-0.1, -0.05) is 66.4 Å². The molecular formula is C32H25N3O4. The maximum absolute atomic E-state index is 13.0. The van der Waals surface area contributed by atoms with Gasteiger partial charge in [0.25, 0.3) is 5.91 Å². The van der Waals surface area contributed by atoms with Gasteiger partial charge in [-0.05, 0) is 59.5 Å². The molecular weight excluding hydrogens is 490 g/mol. The number of nitrogens with one attached hydrogen (secondary N) is 1. The van der Waals surface area contributed by atoms with Gasteiger partial charge in [0.05, 0.1) is 0 Å². The number of carbonyl (C=O) groups is 2. The van der Waals surface area contributed by atoms with Gasteiger partial charge in [0.2, 0.25) is 0 Å². The molecule has 7 nitrogen and oxygen atoms in total. The zero-order valence-corrected chi connectivity index (χ0v) is 20.9. The van der Waals surface area contributed by atoms with E-state index in [4.69, 9.17) is 0 Å². The Morgan fingerprint density at radius 3 is 2.33 bits per heavy atom. The molecule has 0 saturated heterocycles. The Balaban J connectivity index is 1.33. The van der Waals surface area contributed by atoms with Crippen LogP contribution in [0.3, 0.4) is 0 Å². The number of aromatic hydroxyl groups is 1. The van der Waals surface area contributed by atoms with Crippen molar-refractivity contribution >= 4 is 17.5 Å². The van der Waals surface area contributed by atoms with E-state index in [1.54, 1.807) is 35.0 Å². The maximum Gasteiger partial charge on any atom is 0.326 e. The lowest BCUT2D eigenvalue weighted by Crippen LogP contribution is -2.42. The molecule has 5 rings (SSSR count). The smallest absolute Gasteiger partial charge is 0.326 e. The first kappa shape index (κ1) is 25.3. The summed E-state index contributed by atoms with van der Waals surface area (Å²) in [6.45, 7) is 0. The molecule has 0 aliphatic carbocycles. The number of amides is 1. The molecule has 2 aromatic heterocycles. The summed E-state index contributed by atoms with van der Waals surface area (Å²) in [6.07, 6.45) is 3.89. The Morgan fingerprint density at radius 2 is 1.59 bits per heavy atom. The fourth-order valence-electron chi connectivity index (χ4n) is 4.28. The van der Waals surface area contributed by atoms with Crippen LogP contribution in [-0.4, -0.2) is 37.5 Å². The molecule has 7 heteroatoms. The molecule has 5 aromatic rings. The van der Waals surface area contributed by atoms with Gasteiger partial charge in [-0.15, -0.1) is 0 Å². The number of fused-ring (bicyclic) bond motifs is 1. The molecule has 3 N–H and O–H groups in total. The number of aromatic nitrogens is 2. The first-order valence-corrected chi connectivity index (χ1v) is 12.4. The average molecular weight is 516 g/mol. The molecule has 0 aliphatic heterocycles. The standard InChI is InChI=1S/C32H25N3O4/c36-27-14-13-25(26(19-27)17-23-9-5-2-6-10-23)20-28(32(38)39)34-31(37)29-21-35-16-15-24(18-30(35)33-29)12-11-22-7-3-1-4-8-22/h1-10,13-16,18-19,21,28,36H,17,20H2,(H,34,37)(H,38,39)/t28-/m0/s1. The number of hydrogen-bond donors (Lipinski definition) is 3. The number of pyridine rings is 1. The van der Waals surface area contributed by atoms with Gasteiger partial charge in [0.15, 0.2) is 0 Å². The van der Waals surface area contributed by atoms with Crippen LogP contribution in [0.4, 0.5) is 0 Å². The van der Waals surface area contributed by atoms with E-state index in [1.807, 2.05) is 66.7 Å². The highest BCUT2D eigenvalue weighted by atomic mass is 16.4. The maximum atomic E-state index is 13.0. The van der Waals surface area contributed by atoms with Gasteiger partial charge in [-0.25, -0.2) is 9.78 Å². The van der Waals surface area contributed by atoms with E-state index in [0.717, 1.165) is 27.8 Å². The van der Waals surface area contributed by atoms with Crippen LogP contribution in [-0.2, 0) is 17.6 Å². The average Bonchev–Trinajstić information content (AvgIpc) is 3.38. The lowest BCUT2D eigenvalue weighted by atomic mass is 9.95. The first-order chi connectivity index (χ1) is 18.9. The Morgan fingerprint density at radius 1 is 0.872 bits per heavy atom. The van der Waals surface area contributed by atoms with E-state index < -0.39 is 17.9 Å². The topological polar surface area (TPSA) is 104 Å². The molecule has 192 valence electrons. The van der Waals surface area contributed by atoms with E-state index in [0.29, 0.717) is 12.1 Å². The zero-order chi connectivity index (χ0) is 27.2. The van der Waals surface area contributed by atoms with Crippen molar-refractivity contribution in [3.63, 3.8) is 0 Å². The summed E-state index contributed by atoms with van der Waals surface area (Å²) in [5.41, 5.74) is 4.80. The monoisotopic (exact) mass is 515 g/mol. The highest BCUT2D eigenvalue weighted by Gasteiger charge is 2.24. The van der Waals surface area contributed by atoms with Gasteiger partial charge in [-0.3, -0.25) is 4.79 Å². The quantitative estimate of drug-likeness (QED) is 0.278. The predicted molar refractivity (Wildman–Crippen MR) is 148 cm³/mol. The van der Waals surface area contributed by atoms with Gasteiger partial charge < -0.3 is 19.9 Å². The number of carbonyl (C=O) groups excluding carboxylic acids is 1. The molecule has 39 heavy (non-hydrogen) atoms. The van der Waals surface area contributed by atoms with Crippen LogP contribution in [0.15, 0.2) is 103 Å². The fourth-order valence-corrected chi connectivity index (χ4v) is 4.28. The summed E-state index contributed by atoms with van der Waals surface area (Å²) in [5, 5.41) is 22.5. The molecule has 2 heterocycles. The van der Waals surface area contributed by atoms with Crippen molar-refractivity contribution in [2.75, 3.05) is 0 Å². The van der Waals surface area contributed by atoms with Crippen molar-refractivity contribution in [3.8, 4) is 17.6 Å². The Bertz CT molecular complexity index is 1700. The molecule has 0 saturated carbocycles. The number of benzene rings is 3. The lowest BCUT2D eigenvalue weighted by Gasteiger charge is -2.17. The van der Waals surface area contributed by atoms with E-state index in [-0.39, 0.29) is 17.9 Å². The third-order valence-corrected chi connectivity index (χ3v) is 6.27. The zero-order valence-electron chi connectivity index (χ0n) is 20.9.